The lowest BCUT2D eigenvalue weighted by Gasteiger charge is -2.14. The number of pyridine rings is 1. The molecule has 0 spiro atoms. The molecule has 1 aliphatic carbocycles. The van der Waals surface area contributed by atoms with Crippen LogP contribution in [-0.2, 0) is 11.3 Å². The number of hydrogen-bond donors (Lipinski definition) is 1. The van der Waals surface area contributed by atoms with Crippen molar-refractivity contribution in [3.63, 3.8) is 0 Å². The maximum absolute atomic E-state index is 5.72. The molecule has 100 valence electrons. The summed E-state index contributed by atoms with van der Waals surface area (Å²) in [6.45, 7) is 6.18. The van der Waals surface area contributed by atoms with Crippen molar-refractivity contribution in [2.24, 2.45) is 0 Å². The van der Waals surface area contributed by atoms with Crippen molar-refractivity contribution in [3.05, 3.63) is 23.9 Å². The Balaban J connectivity index is 1.81. The Morgan fingerprint density at radius 2 is 2.33 bits per heavy atom. The largest absolute Gasteiger partial charge is 0.472 e. The minimum Gasteiger partial charge on any atom is -0.472 e. The first-order valence-electron chi connectivity index (χ1n) is 6.70. The fourth-order valence-corrected chi connectivity index (χ4v) is 1.70. The quantitative estimate of drug-likeness (QED) is 0.767. The fraction of sp³-hybridized carbons (Fsp3) is 0.643. The highest BCUT2D eigenvalue weighted by molar-refractivity contribution is 5.20. The summed E-state index contributed by atoms with van der Waals surface area (Å²) in [6, 6.07) is 4.74. The van der Waals surface area contributed by atoms with E-state index in [2.05, 4.69) is 10.3 Å². The Bertz CT molecular complexity index is 367. The summed E-state index contributed by atoms with van der Waals surface area (Å²) in [5.74, 6) is 0.678. The third kappa shape index (κ3) is 4.63. The average molecular weight is 250 g/mol. The van der Waals surface area contributed by atoms with Gasteiger partial charge in [0.25, 0.3) is 0 Å². The summed E-state index contributed by atoms with van der Waals surface area (Å²) in [4.78, 5) is 4.22. The van der Waals surface area contributed by atoms with Gasteiger partial charge in [-0.15, -0.1) is 0 Å². The van der Waals surface area contributed by atoms with E-state index < -0.39 is 0 Å². The highest BCUT2D eigenvalue weighted by Gasteiger charge is 2.19. The van der Waals surface area contributed by atoms with E-state index in [1.165, 1.54) is 18.4 Å². The molecule has 0 bridgehead atoms. The predicted octanol–water partition coefficient (Wildman–Crippen LogP) is 2.14. The van der Waals surface area contributed by atoms with E-state index in [-0.39, 0.29) is 6.10 Å². The molecule has 1 N–H and O–H groups in total. The van der Waals surface area contributed by atoms with Gasteiger partial charge in [-0.2, -0.15) is 0 Å². The van der Waals surface area contributed by atoms with E-state index in [0.29, 0.717) is 19.1 Å². The molecule has 1 saturated carbocycles. The van der Waals surface area contributed by atoms with Gasteiger partial charge < -0.3 is 14.8 Å². The molecule has 0 aromatic carbocycles. The zero-order valence-corrected chi connectivity index (χ0v) is 11.2. The zero-order chi connectivity index (χ0) is 12.8. The fourth-order valence-electron chi connectivity index (χ4n) is 1.70. The predicted molar refractivity (Wildman–Crippen MR) is 70.7 cm³/mol. The molecular weight excluding hydrogens is 228 g/mol. The zero-order valence-electron chi connectivity index (χ0n) is 11.2. The van der Waals surface area contributed by atoms with Crippen molar-refractivity contribution in [3.8, 4) is 5.88 Å². The molecule has 1 aliphatic rings. The van der Waals surface area contributed by atoms with Crippen LogP contribution in [0.3, 0.4) is 0 Å². The van der Waals surface area contributed by atoms with Crippen molar-refractivity contribution < 1.29 is 9.47 Å². The molecule has 4 nitrogen and oxygen atoms in total. The second kappa shape index (κ2) is 6.71. The van der Waals surface area contributed by atoms with Gasteiger partial charge in [0.1, 0.15) is 6.10 Å². The van der Waals surface area contributed by atoms with Crippen LogP contribution >= 0.6 is 0 Å². The van der Waals surface area contributed by atoms with Crippen LogP contribution in [0.1, 0.15) is 32.3 Å². The van der Waals surface area contributed by atoms with E-state index >= 15 is 0 Å². The molecule has 0 aliphatic heterocycles. The molecule has 2 rings (SSSR count). The van der Waals surface area contributed by atoms with Gasteiger partial charge in [-0.25, -0.2) is 4.98 Å². The van der Waals surface area contributed by atoms with Crippen molar-refractivity contribution in [1.82, 2.24) is 10.3 Å². The SMILES string of the molecule is CCOCC(C)Oc1cc(CNC2CC2)ccn1. The Kier molecular flexibility index (Phi) is 4.96. The molecule has 0 radical (unpaired) electrons. The van der Waals surface area contributed by atoms with E-state index in [0.717, 1.165) is 12.6 Å². The normalized spacial score (nSPS) is 16.6. The molecular formula is C14H22N2O2. The first-order chi connectivity index (χ1) is 8.78. The summed E-state index contributed by atoms with van der Waals surface area (Å²) in [5, 5.41) is 3.48. The Morgan fingerprint density at radius 1 is 1.50 bits per heavy atom. The van der Waals surface area contributed by atoms with Gasteiger partial charge in [0, 0.05) is 31.5 Å². The molecule has 1 aromatic rings. The number of hydrogen-bond acceptors (Lipinski definition) is 4. The van der Waals surface area contributed by atoms with Crippen LogP contribution in [0, 0.1) is 0 Å². The van der Waals surface area contributed by atoms with Gasteiger partial charge in [-0.3, -0.25) is 0 Å². The van der Waals surface area contributed by atoms with E-state index in [1.807, 2.05) is 26.0 Å². The number of nitrogens with one attached hydrogen (secondary N) is 1. The molecule has 1 atom stereocenters. The molecule has 0 amide bonds. The van der Waals surface area contributed by atoms with Crippen LogP contribution < -0.4 is 10.1 Å². The van der Waals surface area contributed by atoms with Gasteiger partial charge in [-0.1, -0.05) is 0 Å². The van der Waals surface area contributed by atoms with Gasteiger partial charge in [0.15, 0.2) is 0 Å². The van der Waals surface area contributed by atoms with Gasteiger partial charge >= 0.3 is 0 Å². The number of nitrogens with zero attached hydrogens (tertiary/aromatic N) is 1. The van der Waals surface area contributed by atoms with Crippen LogP contribution in [0.25, 0.3) is 0 Å². The Labute approximate surface area is 109 Å². The number of aromatic nitrogens is 1. The first kappa shape index (κ1) is 13.3. The van der Waals surface area contributed by atoms with Crippen molar-refractivity contribution in [2.75, 3.05) is 13.2 Å². The molecule has 4 heteroatoms. The van der Waals surface area contributed by atoms with Crippen LogP contribution in [0.15, 0.2) is 18.3 Å². The molecule has 1 fully saturated rings. The lowest BCUT2D eigenvalue weighted by atomic mass is 10.2. The molecule has 1 unspecified atom stereocenters. The average Bonchev–Trinajstić information content (AvgIpc) is 3.18. The molecule has 1 aromatic heterocycles. The van der Waals surface area contributed by atoms with Gasteiger partial charge in [-0.05, 0) is 38.3 Å². The summed E-state index contributed by atoms with van der Waals surface area (Å²) < 4.78 is 11.0. The third-order valence-electron chi connectivity index (χ3n) is 2.85. The monoisotopic (exact) mass is 250 g/mol. The maximum atomic E-state index is 5.72. The van der Waals surface area contributed by atoms with Crippen LogP contribution in [0.2, 0.25) is 0 Å². The molecule has 0 saturated heterocycles. The summed E-state index contributed by atoms with van der Waals surface area (Å²) in [6.07, 6.45) is 4.44. The Morgan fingerprint density at radius 3 is 3.06 bits per heavy atom. The van der Waals surface area contributed by atoms with Gasteiger partial charge in [0.05, 0.1) is 6.61 Å². The highest BCUT2D eigenvalue weighted by atomic mass is 16.5. The van der Waals surface area contributed by atoms with E-state index in [4.69, 9.17) is 9.47 Å². The van der Waals surface area contributed by atoms with E-state index in [9.17, 15) is 0 Å². The van der Waals surface area contributed by atoms with Crippen LogP contribution in [0.4, 0.5) is 0 Å². The summed E-state index contributed by atoms with van der Waals surface area (Å²) >= 11 is 0. The van der Waals surface area contributed by atoms with Crippen LogP contribution in [-0.4, -0.2) is 30.3 Å². The molecule has 1 heterocycles. The summed E-state index contributed by atoms with van der Waals surface area (Å²) in [5.41, 5.74) is 1.22. The second-order valence-electron chi connectivity index (χ2n) is 4.75. The van der Waals surface area contributed by atoms with Crippen LogP contribution in [0.5, 0.6) is 5.88 Å². The minimum absolute atomic E-state index is 0.0316. The van der Waals surface area contributed by atoms with Gasteiger partial charge in [0.2, 0.25) is 5.88 Å². The second-order valence-corrected chi connectivity index (χ2v) is 4.75. The van der Waals surface area contributed by atoms with Crippen molar-refractivity contribution in [2.45, 2.75) is 45.4 Å². The van der Waals surface area contributed by atoms with Crippen molar-refractivity contribution >= 4 is 0 Å². The Hall–Kier alpha value is -1.13. The number of rotatable bonds is 8. The van der Waals surface area contributed by atoms with Crippen molar-refractivity contribution in [1.29, 1.82) is 0 Å². The smallest absolute Gasteiger partial charge is 0.213 e. The maximum Gasteiger partial charge on any atom is 0.213 e. The highest BCUT2D eigenvalue weighted by Crippen LogP contribution is 2.19. The lowest BCUT2D eigenvalue weighted by molar-refractivity contribution is 0.0633. The number of ether oxygens (including phenoxy) is 2. The molecule has 18 heavy (non-hydrogen) atoms. The topological polar surface area (TPSA) is 43.4 Å². The minimum atomic E-state index is 0.0316. The lowest BCUT2D eigenvalue weighted by Crippen LogP contribution is -2.20. The van der Waals surface area contributed by atoms with E-state index in [1.54, 1.807) is 6.20 Å². The third-order valence-corrected chi connectivity index (χ3v) is 2.85. The standard InChI is InChI=1S/C14H22N2O2/c1-3-17-10-11(2)18-14-8-12(6-7-15-14)9-16-13-4-5-13/h6-8,11,13,16H,3-5,9-10H2,1-2H3. The summed E-state index contributed by atoms with van der Waals surface area (Å²) in [7, 11) is 0. The first-order valence-corrected chi connectivity index (χ1v) is 6.70.